The molecule has 0 unspecified atom stereocenters. The Kier molecular flexibility index (Phi) is 6.28. The van der Waals surface area contributed by atoms with Crippen LogP contribution in [0.1, 0.15) is 18.1 Å². The summed E-state index contributed by atoms with van der Waals surface area (Å²) < 4.78 is 18.4. The van der Waals surface area contributed by atoms with Crippen LogP contribution >= 0.6 is 23.4 Å². The molecule has 0 bridgehead atoms. The van der Waals surface area contributed by atoms with Crippen molar-refractivity contribution in [2.75, 3.05) is 6.61 Å². The first-order chi connectivity index (χ1) is 14.2. The van der Waals surface area contributed by atoms with Crippen LogP contribution in [0.5, 0.6) is 11.5 Å². The molecule has 3 rings (SSSR count). The van der Waals surface area contributed by atoms with Crippen molar-refractivity contribution < 1.29 is 28.7 Å². The van der Waals surface area contributed by atoms with Gasteiger partial charge in [-0.15, -0.1) is 0 Å². The van der Waals surface area contributed by atoms with Crippen LogP contribution in [0.15, 0.2) is 35.2 Å². The summed E-state index contributed by atoms with van der Waals surface area (Å²) in [6, 6.07) is 6.03. The van der Waals surface area contributed by atoms with Gasteiger partial charge in [0.2, 0.25) is 5.75 Å². The summed E-state index contributed by atoms with van der Waals surface area (Å²) in [7, 11) is 0. The average molecular weight is 453 g/mol. The predicted molar refractivity (Wildman–Crippen MR) is 109 cm³/mol. The standard InChI is InChI=1S/C19H14ClFN2O6S/c1-2-29-15-6-10(5-14(17(15)24)23(27)28)7-16-18(25)22(19(26)30-16)9-11-3-4-12(21)8-13(11)20/h3-8,24H,2,9H2,1H3/b16-7-. The van der Waals surface area contributed by atoms with Crippen molar-refractivity contribution in [3.8, 4) is 11.5 Å². The molecule has 2 aromatic rings. The molecule has 11 heteroatoms. The van der Waals surface area contributed by atoms with E-state index in [0.717, 1.165) is 17.0 Å². The number of phenolic OH excluding ortho intramolecular Hbond substituents is 1. The molecule has 1 aliphatic heterocycles. The second kappa shape index (κ2) is 8.72. The van der Waals surface area contributed by atoms with Crippen LogP contribution < -0.4 is 4.74 Å². The maximum absolute atomic E-state index is 13.2. The van der Waals surface area contributed by atoms with Gasteiger partial charge in [-0.25, -0.2) is 4.39 Å². The smallest absolute Gasteiger partial charge is 0.315 e. The molecule has 0 radical (unpaired) electrons. The van der Waals surface area contributed by atoms with E-state index >= 15 is 0 Å². The van der Waals surface area contributed by atoms with Gasteiger partial charge in [-0.2, -0.15) is 0 Å². The van der Waals surface area contributed by atoms with Gasteiger partial charge in [0.1, 0.15) is 5.82 Å². The number of rotatable bonds is 6. The average Bonchev–Trinajstić information content (AvgIpc) is 2.93. The van der Waals surface area contributed by atoms with Gasteiger partial charge in [0.25, 0.3) is 11.1 Å². The summed E-state index contributed by atoms with van der Waals surface area (Å²) >= 11 is 6.62. The Bertz CT molecular complexity index is 1090. The van der Waals surface area contributed by atoms with Gasteiger partial charge in [0.15, 0.2) is 5.75 Å². The van der Waals surface area contributed by atoms with Crippen LogP contribution in [0, 0.1) is 15.9 Å². The Labute approximate surface area is 179 Å². The highest BCUT2D eigenvalue weighted by atomic mass is 35.5. The molecule has 1 aliphatic rings. The van der Waals surface area contributed by atoms with Gasteiger partial charge in [-0.05, 0) is 54.1 Å². The maximum Gasteiger partial charge on any atom is 0.315 e. The fraction of sp³-hybridized carbons (Fsp3) is 0.158. The molecular formula is C19H14ClFN2O6S. The predicted octanol–water partition coefficient (Wildman–Crippen LogP) is 4.73. The summed E-state index contributed by atoms with van der Waals surface area (Å²) in [5.41, 5.74) is -0.00157. The van der Waals surface area contributed by atoms with Gasteiger partial charge in [-0.3, -0.25) is 24.6 Å². The molecule has 0 atom stereocenters. The zero-order valence-electron chi connectivity index (χ0n) is 15.4. The zero-order chi connectivity index (χ0) is 22.0. The topological polar surface area (TPSA) is 110 Å². The second-order valence-corrected chi connectivity index (χ2v) is 7.48. The van der Waals surface area contributed by atoms with E-state index in [0.29, 0.717) is 17.3 Å². The van der Waals surface area contributed by atoms with E-state index < -0.39 is 33.3 Å². The summed E-state index contributed by atoms with van der Waals surface area (Å²) in [4.78, 5) is 36.4. The number of carbonyl (C=O) groups is 2. The minimum atomic E-state index is -0.780. The van der Waals surface area contributed by atoms with E-state index in [1.165, 1.54) is 24.3 Å². The number of thioether (sulfide) groups is 1. The molecule has 0 spiro atoms. The molecule has 0 aromatic heterocycles. The Morgan fingerprint density at radius 1 is 1.33 bits per heavy atom. The lowest BCUT2D eigenvalue weighted by Gasteiger charge is -2.13. The third-order valence-corrected chi connectivity index (χ3v) is 5.35. The third kappa shape index (κ3) is 4.39. The number of ether oxygens (including phenoxy) is 1. The lowest BCUT2D eigenvalue weighted by Crippen LogP contribution is -2.27. The van der Waals surface area contributed by atoms with E-state index in [1.807, 2.05) is 0 Å². The largest absolute Gasteiger partial charge is 0.500 e. The van der Waals surface area contributed by atoms with Crippen molar-refractivity contribution in [1.82, 2.24) is 4.90 Å². The molecular weight excluding hydrogens is 439 g/mol. The third-order valence-electron chi connectivity index (χ3n) is 4.09. The Hall–Kier alpha value is -3.11. The number of halogens is 2. The van der Waals surface area contributed by atoms with Gasteiger partial charge in [-0.1, -0.05) is 17.7 Å². The number of amides is 2. The van der Waals surface area contributed by atoms with Crippen molar-refractivity contribution in [3.63, 3.8) is 0 Å². The van der Waals surface area contributed by atoms with Crippen molar-refractivity contribution >= 4 is 46.3 Å². The van der Waals surface area contributed by atoms with Gasteiger partial charge in [0.05, 0.1) is 23.0 Å². The van der Waals surface area contributed by atoms with Gasteiger partial charge in [0, 0.05) is 11.1 Å². The number of benzene rings is 2. The molecule has 1 fully saturated rings. The molecule has 8 nitrogen and oxygen atoms in total. The van der Waals surface area contributed by atoms with Gasteiger partial charge < -0.3 is 9.84 Å². The van der Waals surface area contributed by atoms with Crippen molar-refractivity contribution in [2.45, 2.75) is 13.5 Å². The molecule has 2 aromatic carbocycles. The maximum atomic E-state index is 13.2. The Balaban J connectivity index is 1.92. The molecule has 1 N–H and O–H groups in total. The van der Waals surface area contributed by atoms with Crippen molar-refractivity contribution in [2.24, 2.45) is 0 Å². The highest BCUT2D eigenvalue weighted by Crippen LogP contribution is 2.40. The van der Waals surface area contributed by atoms with Crippen LogP contribution in [0.4, 0.5) is 14.9 Å². The highest BCUT2D eigenvalue weighted by molar-refractivity contribution is 8.18. The summed E-state index contributed by atoms with van der Waals surface area (Å²) in [6.45, 7) is 1.65. The van der Waals surface area contributed by atoms with Crippen LogP contribution in [0.2, 0.25) is 5.02 Å². The van der Waals surface area contributed by atoms with Crippen LogP contribution in [0.25, 0.3) is 6.08 Å². The lowest BCUT2D eigenvalue weighted by molar-refractivity contribution is -0.386. The van der Waals surface area contributed by atoms with Crippen LogP contribution in [-0.2, 0) is 11.3 Å². The number of carbonyl (C=O) groups excluding carboxylic acids is 2. The minimum Gasteiger partial charge on any atom is -0.500 e. The van der Waals surface area contributed by atoms with E-state index in [1.54, 1.807) is 6.92 Å². The zero-order valence-corrected chi connectivity index (χ0v) is 17.0. The first-order valence-corrected chi connectivity index (χ1v) is 9.74. The Morgan fingerprint density at radius 2 is 2.07 bits per heavy atom. The fourth-order valence-corrected chi connectivity index (χ4v) is 3.78. The Morgan fingerprint density at radius 3 is 2.70 bits per heavy atom. The molecule has 0 aliphatic carbocycles. The first-order valence-electron chi connectivity index (χ1n) is 8.54. The van der Waals surface area contributed by atoms with Gasteiger partial charge >= 0.3 is 5.69 Å². The number of nitro groups is 1. The van der Waals surface area contributed by atoms with E-state index in [-0.39, 0.29) is 34.4 Å². The highest BCUT2D eigenvalue weighted by Gasteiger charge is 2.35. The number of nitrogens with zero attached hydrogens (tertiary/aromatic N) is 2. The summed E-state index contributed by atoms with van der Waals surface area (Å²) in [5, 5.41) is 20.7. The lowest BCUT2D eigenvalue weighted by atomic mass is 10.1. The molecule has 1 saturated heterocycles. The van der Waals surface area contributed by atoms with Crippen LogP contribution in [-0.4, -0.2) is 32.7 Å². The van der Waals surface area contributed by atoms with Crippen molar-refractivity contribution in [3.05, 3.63) is 67.3 Å². The summed E-state index contributed by atoms with van der Waals surface area (Å²) in [5.74, 6) is -1.91. The normalized spacial score (nSPS) is 15.2. The fourth-order valence-electron chi connectivity index (χ4n) is 2.71. The SMILES string of the molecule is CCOc1cc(/C=C2\SC(=O)N(Cc3ccc(F)cc3Cl)C2=O)cc([N+](=O)[O-])c1O. The van der Waals surface area contributed by atoms with Crippen LogP contribution in [0.3, 0.4) is 0 Å². The summed E-state index contributed by atoms with van der Waals surface area (Å²) in [6.07, 6.45) is 1.30. The number of imide groups is 1. The number of hydrogen-bond acceptors (Lipinski definition) is 7. The molecule has 1 heterocycles. The molecule has 0 saturated carbocycles. The number of hydrogen-bond donors (Lipinski definition) is 1. The molecule has 30 heavy (non-hydrogen) atoms. The number of nitro benzene ring substituents is 1. The first kappa shape index (κ1) is 21.6. The monoisotopic (exact) mass is 452 g/mol. The second-order valence-electron chi connectivity index (χ2n) is 6.08. The van der Waals surface area contributed by atoms with Crippen molar-refractivity contribution in [1.29, 1.82) is 0 Å². The minimum absolute atomic E-state index is 0.0284. The molecule has 156 valence electrons. The molecule has 2 amide bonds. The number of aromatic hydroxyl groups is 1. The van der Waals surface area contributed by atoms with E-state index in [9.17, 15) is 29.2 Å². The van der Waals surface area contributed by atoms with E-state index in [4.69, 9.17) is 16.3 Å². The van der Waals surface area contributed by atoms with E-state index in [2.05, 4.69) is 0 Å². The number of phenols is 1. The quantitative estimate of drug-likeness (QED) is 0.383.